The number of halogens is 3. The van der Waals surface area contributed by atoms with Gasteiger partial charge in [0.25, 0.3) is 0 Å². The molecular weight excluding hydrogens is 279 g/mol. The van der Waals surface area contributed by atoms with E-state index in [2.05, 4.69) is 10.3 Å². The molecular formula is C15H12F3N3. The summed E-state index contributed by atoms with van der Waals surface area (Å²) in [5.41, 5.74) is -0.226. The predicted octanol–water partition coefficient (Wildman–Crippen LogP) is 3.45. The van der Waals surface area contributed by atoms with Crippen LogP contribution in [0.25, 0.3) is 0 Å². The summed E-state index contributed by atoms with van der Waals surface area (Å²) in [6.45, 7) is 0.214. The lowest BCUT2D eigenvalue weighted by Gasteiger charge is -2.17. The van der Waals surface area contributed by atoms with E-state index in [-0.39, 0.29) is 12.1 Å². The fraction of sp³-hybridized carbons (Fsp3) is 0.200. The second kappa shape index (κ2) is 6.37. The number of hydrogen-bond donors (Lipinski definition) is 1. The van der Waals surface area contributed by atoms with E-state index in [9.17, 15) is 13.2 Å². The van der Waals surface area contributed by atoms with Crippen LogP contribution in [0.15, 0.2) is 48.7 Å². The van der Waals surface area contributed by atoms with Crippen LogP contribution in [0, 0.1) is 11.3 Å². The fourth-order valence-corrected chi connectivity index (χ4v) is 1.94. The molecule has 6 heteroatoms. The third-order valence-corrected chi connectivity index (χ3v) is 2.92. The van der Waals surface area contributed by atoms with Crippen LogP contribution in [-0.4, -0.2) is 4.98 Å². The Morgan fingerprint density at radius 1 is 1.14 bits per heavy atom. The van der Waals surface area contributed by atoms with Gasteiger partial charge in [0.05, 0.1) is 17.3 Å². The van der Waals surface area contributed by atoms with Crippen molar-refractivity contribution in [3.63, 3.8) is 0 Å². The fourth-order valence-electron chi connectivity index (χ4n) is 1.94. The lowest BCUT2D eigenvalue weighted by Crippen LogP contribution is -2.23. The molecule has 0 aliphatic heterocycles. The summed E-state index contributed by atoms with van der Waals surface area (Å²) in [7, 11) is 0. The standard InChI is InChI=1S/C15H12F3N3/c16-15(17,18)13-7-2-1-6-12(13)14(9-19)21-10-11-5-3-4-8-20-11/h1-8,14,21H,10H2. The molecule has 0 aliphatic carbocycles. The largest absolute Gasteiger partial charge is 0.416 e. The number of pyridine rings is 1. The van der Waals surface area contributed by atoms with Crippen LogP contribution in [0.3, 0.4) is 0 Å². The van der Waals surface area contributed by atoms with Gasteiger partial charge in [-0.1, -0.05) is 24.3 Å². The van der Waals surface area contributed by atoms with Crippen LogP contribution in [-0.2, 0) is 12.7 Å². The Balaban J connectivity index is 2.21. The van der Waals surface area contributed by atoms with Crippen LogP contribution < -0.4 is 5.32 Å². The van der Waals surface area contributed by atoms with E-state index < -0.39 is 17.8 Å². The summed E-state index contributed by atoms with van der Waals surface area (Å²) in [5.74, 6) is 0. The first-order valence-corrected chi connectivity index (χ1v) is 6.21. The first-order chi connectivity index (χ1) is 10.0. The van der Waals surface area contributed by atoms with Crippen molar-refractivity contribution in [3.05, 3.63) is 65.5 Å². The Labute approximate surface area is 120 Å². The Morgan fingerprint density at radius 3 is 2.48 bits per heavy atom. The van der Waals surface area contributed by atoms with E-state index in [4.69, 9.17) is 5.26 Å². The van der Waals surface area contributed by atoms with Gasteiger partial charge >= 0.3 is 6.18 Å². The van der Waals surface area contributed by atoms with Crippen molar-refractivity contribution in [2.45, 2.75) is 18.8 Å². The second-order valence-corrected chi connectivity index (χ2v) is 4.35. The van der Waals surface area contributed by atoms with E-state index >= 15 is 0 Å². The number of rotatable bonds is 4. The summed E-state index contributed by atoms with van der Waals surface area (Å²) in [6.07, 6.45) is -2.90. The number of nitrogens with one attached hydrogen (secondary N) is 1. The maximum Gasteiger partial charge on any atom is 0.416 e. The zero-order chi connectivity index (χ0) is 15.3. The van der Waals surface area contributed by atoms with Crippen molar-refractivity contribution >= 4 is 0 Å². The summed E-state index contributed by atoms with van der Waals surface area (Å²) in [5, 5.41) is 11.9. The van der Waals surface area contributed by atoms with Crippen molar-refractivity contribution < 1.29 is 13.2 Å². The van der Waals surface area contributed by atoms with Gasteiger partial charge in [-0.3, -0.25) is 10.3 Å². The molecule has 0 saturated carbocycles. The number of alkyl halides is 3. The van der Waals surface area contributed by atoms with E-state index in [0.717, 1.165) is 6.07 Å². The topological polar surface area (TPSA) is 48.7 Å². The molecule has 1 atom stereocenters. The zero-order valence-corrected chi connectivity index (χ0v) is 10.9. The van der Waals surface area contributed by atoms with Crippen LogP contribution in [0.2, 0.25) is 0 Å². The van der Waals surface area contributed by atoms with Gasteiger partial charge < -0.3 is 0 Å². The zero-order valence-electron chi connectivity index (χ0n) is 10.9. The van der Waals surface area contributed by atoms with Gasteiger partial charge in [0, 0.05) is 12.7 Å². The summed E-state index contributed by atoms with van der Waals surface area (Å²) < 4.78 is 38.9. The molecule has 0 amide bonds. The van der Waals surface area contributed by atoms with Crippen LogP contribution >= 0.6 is 0 Å². The normalized spacial score (nSPS) is 12.7. The molecule has 1 N–H and O–H groups in total. The molecule has 0 radical (unpaired) electrons. The van der Waals surface area contributed by atoms with E-state index in [0.29, 0.717) is 5.69 Å². The lowest BCUT2D eigenvalue weighted by atomic mass is 10.0. The Kier molecular flexibility index (Phi) is 4.55. The van der Waals surface area contributed by atoms with Gasteiger partial charge in [0.2, 0.25) is 0 Å². The summed E-state index contributed by atoms with van der Waals surface area (Å²) in [4.78, 5) is 4.06. The molecule has 108 valence electrons. The molecule has 0 aliphatic rings. The van der Waals surface area contributed by atoms with Crippen LogP contribution in [0.1, 0.15) is 22.9 Å². The monoisotopic (exact) mass is 291 g/mol. The van der Waals surface area contributed by atoms with E-state index in [1.807, 2.05) is 6.07 Å². The van der Waals surface area contributed by atoms with Gasteiger partial charge in [0.15, 0.2) is 0 Å². The summed E-state index contributed by atoms with van der Waals surface area (Å²) >= 11 is 0. The number of hydrogen-bond acceptors (Lipinski definition) is 3. The minimum Gasteiger partial charge on any atom is -0.292 e. The smallest absolute Gasteiger partial charge is 0.292 e. The molecule has 2 rings (SSSR count). The van der Waals surface area contributed by atoms with Crippen LogP contribution in [0.4, 0.5) is 13.2 Å². The average molecular weight is 291 g/mol. The first kappa shape index (κ1) is 15.0. The summed E-state index contributed by atoms with van der Waals surface area (Å²) in [6, 6.07) is 11.1. The molecule has 0 spiro atoms. The molecule has 0 bridgehead atoms. The molecule has 1 unspecified atom stereocenters. The number of nitrogens with zero attached hydrogens (tertiary/aromatic N) is 2. The van der Waals surface area contributed by atoms with Crippen molar-refractivity contribution in [3.8, 4) is 6.07 Å². The van der Waals surface area contributed by atoms with Gasteiger partial charge in [-0.2, -0.15) is 18.4 Å². The molecule has 1 aromatic heterocycles. The highest BCUT2D eigenvalue weighted by atomic mass is 19.4. The van der Waals surface area contributed by atoms with Crippen molar-refractivity contribution in [2.24, 2.45) is 0 Å². The van der Waals surface area contributed by atoms with Gasteiger partial charge in [-0.05, 0) is 23.8 Å². The maximum atomic E-state index is 13.0. The third kappa shape index (κ3) is 3.80. The van der Waals surface area contributed by atoms with Gasteiger partial charge in [-0.15, -0.1) is 0 Å². The molecule has 1 heterocycles. The van der Waals surface area contributed by atoms with Gasteiger partial charge in [0.1, 0.15) is 6.04 Å². The lowest BCUT2D eigenvalue weighted by molar-refractivity contribution is -0.138. The van der Waals surface area contributed by atoms with Crippen molar-refractivity contribution in [1.82, 2.24) is 10.3 Å². The highest BCUT2D eigenvalue weighted by Crippen LogP contribution is 2.34. The number of benzene rings is 1. The quantitative estimate of drug-likeness (QED) is 0.938. The van der Waals surface area contributed by atoms with Crippen molar-refractivity contribution in [2.75, 3.05) is 0 Å². The van der Waals surface area contributed by atoms with Gasteiger partial charge in [-0.25, -0.2) is 0 Å². The predicted molar refractivity (Wildman–Crippen MR) is 70.9 cm³/mol. The van der Waals surface area contributed by atoms with E-state index in [1.54, 1.807) is 24.4 Å². The minimum absolute atomic E-state index is 0.0802. The highest BCUT2D eigenvalue weighted by Gasteiger charge is 2.34. The first-order valence-electron chi connectivity index (χ1n) is 6.21. The number of nitriles is 1. The maximum absolute atomic E-state index is 13.0. The third-order valence-electron chi connectivity index (χ3n) is 2.92. The van der Waals surface area contributed by atoms with Crippen LogP contribution in [0.5, 0.6) is 0 Å². The SMILES string of the molecule is N#CC(NCc1ccccn1)c1ccccc1C(F)(F)F. The highest BCUT2D eigenvalue weighted by molar-refractivity contribution is 5.35. The Morgan fingerprint density at radius 2 is 1.86 bits per heavy atom. The van der Waals surface area contributed by atoms with Crippen molar-refractivity contribution in [1.29, 1.82) is 5.26 Å². The van der Waals surface area contributed by atoms with E-state index in [1.165, 1.54) is 18.2 Å². The average Bonchev–Trinajstić information content (AvgIpc) is 2.48. The molecule has 0 saturated heterocycles. The second-order valence-electron chi connectivity index (χ2n) is 4.35. The Bertz CT molecular complexity index is 633. The molecule has 3 nitrogen and oxygen atoms in total. The Hall–Kier alpha value is -2.39. The molecule has 2 aromatic rings. The minimum atomic E-state index is -4.49. The molecule has 1 aromatic carbocycles. The number of aromatic nitrogens is 1. The molecule has 0 fully saturated rings. The molecule has 21 heavy (non-hydrogen) atoms.